The van der Waals surface area contributed by atoms with E-state index in [1.54, 1.807) is 0 Å². The van der Waals surface area contributed by atoms with E-state index >= 15 is 0 Å². The lowest BCUT2D eigenvalue weighted by molar-refractivity contribution is 0.832. The minimum atomic E-state index is 0.657. The molecular formula is C4H8NS. The second kappa shape index (κ2) is 1.85. The van der Waals surface area contributed by atoms with Crippen LogP contribution in [0.2, 0.25) is 0 Å². The summed E-state index contributed by atoms with van der Waals surface area (Å²) in [6, 6.07) is 0. The molecular weight excluding hydrogens is 94.1 g/mol. The monoisotopic (exact) mass is 102 g/mol. The average molecular weight is 102 g/mol. The fraction of sp³-hybridized carbons (Fsp3) is 0.750. The Balaban J connectivity index is 2.18. The SMILES string of the molecule is CC1N[CH]CS1. The van der Waals surface area contributed by atoms with Crippen molar-refractivity contribution in [1.82, 2.24) is 5.32 Å². The third kappa shape index (κ3) is 0.884. The van der Waals surface area contributed by atoms with E-state index in [1.165, 1.54) is 5.75 Å². The highest BCUT2D eigenvalue weighted by Crippen LogP contribution is 2.13. The van der Waals surface area contributed by atoms with Crippen LogP contribution in [0.15, 0.2) is 0 Å². The van der Waals surface area contributed by atoms with Gasteiger partial charge in [0.1, 0.15) is 0 Å². The molecule has 35 valence electrons. The summed E-state index contributed by atoms with van der Waals surface area (Å²) in [4.78, 5) is 0. The van der Waals surface area contributed by atoms with Gasteiger partial charge < -0.3 is 5.32 Å². The summed E-state index contributed by atoms with van der Waals surface area (Å²) in [5, 5.41) is 3.81. The van der Waals surface area contributed by atoms with E-state index in [2.05, 4.69) is 18.8 Å². The first kappa shape index (κ1) is 4.47. The Bertz CT molecular complexity index is 40.8. The summed E-state index contributed by atoms with van der Waals surface area (Å²) in [7, 11) is 0. The maximum atomic E-state index is 3.16. The predicted molar refractivity (Wildman–Crippen MR) is 29.4 cm³/mol. The van der Waals surface area contributed by atoms with Gasteiger partial charge in [-0.1, -0.05) is 0 Å². The van der Waals surface area contributed by atoms with Gasteiger partial charge in [-0.15, -0.1) is 11.8 Å². The molecule has 1 aliphatic heterocycles. The van der Waals surface area contributed by atoms with Crippen molar-refractivity contribution in [1.29, 1.82) is 0 Å². The molecule has 6 heavy (non-hydrogen) atoms. The molecule has 1 N–H and O–H groups in total. The van der Waals surface area contributed by atoms with E-state index in [0.717, 1.165) is 0 Å². The first-order chi connectivity index (χ1) is 2.89. The van der Waals surface area contributed by atoms with Crippen LogP contribution in [0.4, 0.5) is 0 Å². The van der Waals surface area contributed by atoms with Crippen molar-refractivity contribution in [2.24, 2.45) is 0 Å². The lowest BCUT2D eigenvalue weighted by Gasteiger charge is -1.94. The van der Waals surface area contributed by atoms with Gasteiger partial charge in [-0.05, 0) is 6.92 Å². The van der Waals surface area contributed by atoms with Crippen LogP contribution in [0.3, 0.4) is 0 Å². The van der Waals surface area contributed by atoms with Gasteiger partial charge >= 0.3 is 0 Å². The van der Waals surface area contributed by atoms with Gasteiger partial charge in [0, 0.05) is 12.3 Å². The predicted octanol–water partition coefficient (Wildman–Crippen LogP) is 0.831. The molecule has 1 rings (SSSR count). The standard InChI is InChI=1S/C4H8NS/c1-4-5-2-3-6-4/h2,4-5H,3H2,1H3. The van der Waals surface area contributed by atoms with E-state index in [1.807, 2.05) is 11.8 Å². The molecule has 0 spiro atoms. The molecule has 1 aliphatic rings. The van der Waals surface area contributed by atoms with Crippen molar-refractivity contribution in [3.63, 3.8) is 0 Å². The van der Waals surface area contributed by atoms with Crippen LogP contribution in [0, 0.1) is 6.54 Å². The minimum Gasteiger partial charge on any atom is -0.300 e. The molecule has 1 fully saturated rings. The number of rotatable bonds is 0. The Morgan fingerprint density at radius 1 is 2.00 bits per heavy atom. The third-order valence-corrected chi connectivity index (χ3v) is 1.78. The molecule has 2 heteroatoms. The molecule has 1 unspecified atom stereocenters. The van der Waals surface area contributed by atoms with Gasteiger partial charge in [0.05, 0.1) is 5.37 Å². The van der Waals surface area contributed by atoms with Crippen LogP contribution in [-0.2, 0) is 0 Å². The van der Waals surface area contributed by atoms with Crippen LogP contribution in [-0.4, -0.2) is 11.1 Å². The van der Waals surface area contributed by atoms with Crippen LogP contribution in [0.25, 0.3) is 0 Å². The van der Waals surface area contributed by atoms with Crippen LogP contribution in [0.5, 0.6) is 0 Å². The van der Waals surface area contributed by atoms with Crippen molar-refractivity contribution in [2.45, 2.75) is 12.3 Å². The normalized spacial score (nSPS) is 34.5. The van der Waals surface area contributed by atoms with Crippen molar-refractivity contribution in [3.05, 3.63) is 6.54 Å². The Morgan fingerprint density at radius 2 is 2.83 bits per heavy atom. The molecule has 0 amide bonds. The third-order valence-electron chi connectivity index (χ3n) is 0.782. The molecule has 1 saturated heterocycles. The fourth-order valence-electron chi connectivity index (χ4n) is 0.455. The van der Waals surface area contributed by atoms with Crippen LogP contribution >= 0.6 is 11.8 Å². The summed E-state index contributed by atoms with van der Waals surface area (Å²) in [6.45, 7) is 4.25. The highest BCUT2D eigenvalue weighted by Gasteiger charge is 2.06. The van der Waals surface area contributed by atoms with Gasteiger partial charge in [0.15, 0.2) is 0 Å². The molecule has 0 aromatic rings. The van der Waals surface area contributed by atoms with E-state index < -0.39 is 0 Å². The Morgan fingerprint density at radius 3 is 3.00 bits per heavy atom. The summed E-state index contributed by atoms with van der Waals surface area (Å²) in [5.74, 6) is 1.17. The average Bonchev–Trinajstić information content (AvgIpc) is 1.86. The lowest BCUT2D eigenvalue weighted by atomic mass is 10.7. The number of hydrogen-bond donors (Lipinski definition) is 1. The maximum Gasteiger partial charge on any atom is 0.0507 e. The fourth-order valence-corrected chi connectivity index (χ4v) is 1.13. The van der Waals surface area contributed by atoms with Crippen molar-refractivity contribution < 1.29 is 0 Å². The quantitative estimate of drug-likeness (QED) is 0.486. The summed E-state index contributed by atoms with van der Waals surface area (Å²) in [6.07, 6.45) is 0. The van der Waals surface area contributed by atoms with Crippen molar-refractivity contribution in [3.8, 4) is 0 Å². The Kier molecular flexibility index (Phi) is 1.37. The van der Waals surface area contributed by atoms with Crippen molar-refractivity contribution in [2.75, 3.05) is 5.75 Å². The zero-order valence-electron chi connectivity index (χ0n) is 3.77. The molecule has 0 bridgehead atoms. The number of hydrogen-bond acceptors (Lipinski definition) is 2. The first-order valence-electron chi connectivity index (χ1n) is 2.09. The minimum absolute atomic E-state index is 0.657. The smallest absolute Gasteiger partial charge is 0.0507 e. The van der Waals surface area contributed by atoms with Gasteiger partial charge in [-0.3, -0.25) is 0 Å². The molecule has 0 aromatic carbocycles. The van der Waals surface area contributed by atoms with E-state index in [-0.39, 0.29) is 0 Å². The second-order valence-corrected chi connectivity index (χ2v) is 2.72. The molecule has 0 saturated carbocycles. The Labute approximate surface area is 42.5 Å². The highest BCUT2D eigenvalue weighted by atomic mass is 32.2. The summed E-state index contributed by atoms with van der Waals surface area (Å²) >= 11 is 1.93. The van der Waals surface area contributed by atoms with Crippen LogP contribution < -0.4 is 5.32 Å². The molecule has 1 nitrogen and oxygen atoms in total. The number of thioether (sulfide) groups is 1. The van der Waals surface area contributed by atoms with Gasteiger partial charge in [0.25, 0.3) is 0 Å². The number of nitrogens with one attached hydrogen (secondary N) is 1. The molecule has 0 aromatic heterocycles. The highest BCUT2D eigenvalue weighted by molar-refractivity contribution is 8.00. The van der Waals surface area contributed by atoms with Gasteiger partial charge in [-0.2, -0.15) is 0 Å². The van der Waals surface area contributed by atoms with Gasteiger partial charge in [0.2, 0.25) is 0 Å². The zero-order valence-corrected chi connectivity index (χ0v) is 4.59. The maximum absolute atomic E-state index is 3.16. The second-order valence-electron chi connectivity index (χ2n) is 1.35. The Hall–Kier alpha value is 0.310. The molecule has 1 heterocycles. The zero-order chi connectivity index (χ0) is 4.41. The van der Waals surface area contributed by atoms with Gasteiger partial charge in [-0.25, -0.2) is 0 Å². The van der Waals surface area contributed by atoms with Crippen LogP contribution in [0.1, 0.15) is 6.92 Å². The van der Waals surface area contributed by atoms with E-state index in [0.29, 0.717) is 5.37 Å². The van der Waals surface area contributed by atoms with Crippen molar-refractivity contribution >= 4 is 11.8 Å². The lowest BCUT2D eigenvalue weighted by Crippen LogP contribution is -2.10. The summed E-state index contributed by atoms with van der Waals surface area (Å²) in [5.41, 5.74) is 0. The first-order valence-corrected chi connectivity index (χ1v) is 3.14. The molecule has 1 atom stereocenters. The topological polar surface area (TPSA) is 12.0 Å². The summed E-state index contributed by atoms with van der Waals surface area (Å²) < 4.78 is 0. The molecule has 1 radical (unpaired) electrons. The molecule has 0 aliphatic carbocycles. The largest absolute Gasteiger partial charge is 0.300 e. The van der Waals surface area contributed by atoms with E-state index in [9.17, 15) is 0 Å². The van der Waals surface area contributed by atoms with E-state index in [4.69, 9.17) is 0 Å².